The number of carbonyl (C=O) groups is 2. The number of halogens is 2. The summed E-state index contributed by atoms with van der Waals surface area (Å²) in [6.45, 7) is -0.209. The van der Waals surface area contributed by atoms with Gasteiger partial charge in [-0.05, 0) is 88.8 Å². The SMILES string of the molecule is COc1ccc(S(=O)(=O)N(Cc2ccc(F)cc2)C2CC(=O)N(c3ccc(I)cc3)C2=O)cc1. The molecule has 0 radical (unpaired) electrons. The van der Waals surface area contributed by atoms with Crippen LogP contribution in [-0.4, -0.2) is 37.7 Å². The quantitative estimate of drug-likeness (QED) is 0.306. The van der Waals surface area contributed by atoms with Crippen molar-refractivity contribution in [3.8, 4) is 5.75 Å². The van der Waals surface area contributed by atoms with E-state index in [1.165, 1.54) is 55.6 Å². The van der Waals surface area contributed by atoms with Crippen molar-refractivity contribution >= 4 is 50.1 Å². The molecule has 1 fully saturated rings. The summed E-state index contributed by atoms with van der Waals surface area (Å²) in [4.78, 5) is 27.2. The summed E-state index contributed by atoms with van der Waals surface area (Å²) in [7, 11) is -2.74. The van der Waals surface area contributed by atoms with Crippen LogP contribution in [0.1, 0.15) is 12.0 Å². The van der Waals surface area contributed by atoms with Crippen LogP contribution < -0.4 is 9.64 Å². The average Bonchev–Trinajstić information content (AvgIpc) is 3.12. The fourth-order valence-corrected chi connectivity index (χ4v) is 5.65. The van der Waals surface area contributed by atoms with Crippen LogP contribution in [0.15, 0.2) is 77.7 Å². The van der Waals surface area contributed by atoms with E-state index in [0.29, 0.717) is 17.0 Å². The highest BCUT2D eigenvalue weighted by molar-refractivity contribution is 14.1. The van der Waals surface area contributed by atoms with E-state index >= 15 is 0 Å². The molecule has 176 valence electrons. The van der Waals surface area contributed by atoms with E-state index in [1.54, 1.807) is 24.3 Å². The number of methoxy groups -OCH3 is 1. The molecule has 1 aliphatic rings. The standard InChI is InChI=1S/C24H20FIN2O5S/c1-33-20-10-12-21(13-11-20)34(31,32)27(15-16-2-4-17(25)5-3-16)22-14-23(29)28(24(22)30)19-8-6-18(26)7-9-19/h2-13,22H,14-15H2,1H3. The highest BCUT2D eigenvalue weighted by atomic mass is 127. The van der Waals surface area contributed by atoms with Crippen LogP contribution in [0.5, 0.6) is 5.75 Å². The van der Waals surface area contributed by atoms with Crippen LogP contribution in [0, 0.1) is 9.39 Å². The zero-order valence-corrected chi connectivity index (χ0v) is 21.0. The fraction of sp³-hybridized carbons (Fsp3) is 0.167. The number of benzene rings is 3. The highest BCUT2D eigenvalue weighted by Gasteiger charge is 2.47. The van der Waals surface area contributed by atoms with Gasteiger partial charge in [0, 0.05) is 10.1 Å². The predicted octanol–water partition coefficient (Wildman–Crippen LogP) is 3.96. The Morgan fingerprint density at radius 2 is 1.62 bits per heavy atom. The molecule has 4 rings (SSSR count). The third-order valence-corrected chi connectivity index (χ3v) is 8.06. The number of anilines is 1. The van der Waals surface area contributed by atoms with Crippen LogP contribution in [0.2, 0.25) is 0 Å². The molecule has 1 saturated heterocycles. The molecule has 0 aromatic heterocycles. The van der Waals surface area contributed by atoms with E-state index in [9.17, 15) is 22.4 Å². The van der Waals surface area contributed by atoms with E-state index in [4.69, 9.17) is 4.74 Å². The molecule has 0 aliphatic carbocycles. The molecule has 3 aromatic rings. The first-order valence-corrected chi connectivity index (χ1v) is 12.8. The van der Waals surface area contributed by atoms with Gasteiger partial charge in [-0.2, -0.15) is 4.31 Å². The number of carbonyl (C=O) groups excluding carboxylic acids is 2. The monoisotopic (exact) mass is 594 g/mol. The van der Waals surface area contributed by atoms with Crippen LogP contribution >= 0.6 is 22.6 Å². The third-order valence-electron chi connectivity index (χ3n) is 5.47. The molecule has 3 aromatic carbocycles. The van der Waals surface area contributed by atoms with Gasteiger partial charge in [0.25, 0.3) is 5.91 Å². The van der Waals surface area contributed by atoms with Gasteiger partial charge in [0.1, 0.15) is 17.6 Å². The first-order valence-electron chi connectivity index (χ1n) is 10.2. The van der Waals surface area contributed by atoms with Gasteiger partial charge in [0.05, 0.1) is 24.1 Å². The number of imide groups is 1. The zero-order valence-electron chi connectivity index (χ0n) is 18.0. The zero-order chi connectivity index (χ0) is 24.5. The number of nitrogens with zero attached hydrogens (tertiary/aromatic N) is 2. The second kappa shape index (κ2) is 9.80. The summed E-state index contributed by atoms with van der Waals surface area (Å²) in [6.07, 6.45) is -0.304. The smallest absolute Gasteiger partial charge is 0.252 e. The van der Waals surface area contributed by atoms with Crippen molar-refractivity contribution in [3.63, 3.8) is 0 Å². The van der Waals surface area contributed by atoms with Crippen molar-refractivity contribution in [2.24, 2.45) is 0 Å². The van der Waals surface area contributed by atoms with E-state index in [-0.39, 0.29) is 17.9 Å². The largest absolute Gasteiger partial charge is 0.497 e. The van der Waals surface area contributed by atoms with Crippen molar-refractivity contribution in [2.75, 3.05) is 12.0 Å². The molecule has 0 spiro atoms. The lowest BCUT2D eigenvalue weighted by Crippen LogP contribution is -2.45. The Morgan fingerprint density at radius 1 is 1.00 bits per heavy atom. The van der Waals surface area contributed by atoms with E-state index in [0.717, 1.165) is 12.8 Å². The van der Waals surface area contributed by atoms with Crippen LogP contribution in [0.4, 0.5) is 10.1 Å². The number of hydrogen-bond donors (Lipinski definition) is 0. The number of ether oxygens (including phenoxy) is 1. The lowest BCUT2D eigenvalue weighted by molar-refractivity contribution is -0.122. The topological polar surface area (TPSA) is 84.0 Å². The Labute approximate surface area is 210 Å². The van der Waals surface area contributed by atoms with Gasteiger partial charge in [-0.15, -0.1) is 0 Å². The van der Waals surface area contributed by atoms with Crippen molar-refractivity contribution in [1.29, 1.82) is 0 Å². The Balaban J connectivity index is 1.74. The Kier molecular flexibility index (Phi) is 7.01. The minimum Gasteiger partial charge on any atom is -0.497 e. The Hall–Kier alpha value is -2.83. The third kappa shape index (κ3) is 4.84. The van der Waals surface area contributed by atoms with E-state index in [2.05, 4.69) is 22.6 Å². The summed E-state index contributed by atoms with van der Waals surface area (Å²) in [5, 5.41) is 0. The lowest BCUT2D eigenvalue weighted by Gasteiger charge is -2.27. The molecule has 0 saturated carbocycles. The molecule has 1 aliphatic heterocycles. The molecule has 34 heavy (non-hydrogen) atoms. The average molecular weight is 594 g/mol. The van der Waals surface area contributed by atoms with Gasteiger partial charge in [0.15, 0.2) is 0 Å². The highest BCUT2D eigenvalue weighted by Crippen LogP contribution is 2.31. The fourth-order valence-electron chi connectivity index (χ4n) is 3.72. The van der Waals surface area contributed by atoms with Crippen LogP contribution in [0.3, 0.4) is 0 Å². The molecule has 10 heteroatoms. The molecular weight excluding hydrogens is 574 g/mol. The van der Waals surface area contributed by atoms with Gasteiger partial charge < -0.3 is 4.74 Å². The van der Waals surface area contributed by atoms with E-state index < -0.39 is 33.7 Å². The maximum Gasteiger partial charge on any atom is 0.252 e. The molecule has 1 unspecified atom stereocenters. The molecule has 1 heterocycles. The summed E-state index contributed by atoms with van der Waals surface area (Å²) < 4.78 is 47.8. The number of rotatable bonds is 7. The number of sulfonamides is 1. The number of hydrogen-bond acceptors (Lipinski definition) is 5. The minimum atomic E-state index is -4.20. The van der Waals surface area contributed by atoms with Gasteiger partial charge >= 0.3 is 0 Å². The van der Waals surface area contributed by atoms with E-state index in [1.807, 2.05) is 0 Å². The Morgan fingerprint density at radius 3 is 2.21 bits per heavy atom. The second-order valence-electron chi connectivity index (χ2n) is 7.62. The van der Waals surface area contributed by atoms with Gasteiger partial charge in [-0.25, -0.2) is 17.7 Å². The predicted molar refractivity (Wildman–Crippen MR) is 132 cm³/mol. The van der Waals surface area contributed by atoms with Gasteiger partial charge in [-0.3, -0.25) is 9.59 Å². The minimum absolute atomic E-state index is 0.0524. The summed E-state index contributed by atoms with van der Waals surface area (Å²) in [5.41, 5.74) is 0.855. The summed E-state index contributed by atoms with van der Waals surface area (Å²) in [5.74, 6) is -1.12. The van der Waals surface area contributed by atoms with Crippen molar-refractivity contribution in [3.05, 3.63) is 87.7 Å². The Bertz CT molecular complexity index is 1310. The van der Waals surface area contributed by atoms with Gasteiger partial charge in [-0.1, -0.05) is 12.1 Å². The normalized spacial score (nSPS) is 16.4. The molecule has 0 N–H and O–H groups in total. The first-order chi connectivity index (χ1) is 16.2. The number of amides is 2. The maximum absolute atomic E-state index is 13.7. The molecule has 1 atom stereocenters. The second-order valence-corrected chi connectivity index (χ2v) is 10.8. The maximum atomic E-state index is 13.7. The summed E-state index contributed by atoms with van der Waals surface area (Å²) >= 11 is 2.11. The first kappa shape index (κ1) is 24.3. The summed E-state index contributed by atoms with van der Waals surface area (Å²) in [6, 6.07) is 16.6. The van der Waals surface area contributed by atoms with Gasteiger partial charge in [0.2, 0.25) is 15.9 Å². The molecule has 0 bridgehead atoms. The molecule has 7 nitrogen and oxygen atoms in total. The van der Waals surface area contributed by atoms with Crippen LogP contribution in [0.25, 0.3) is 0 Å². The van der Waals surface area contributed by atoms with Crippen molar-refractivity contribution < 1.29 is 27.1 Å². The molecular formula is C24H20FIN2O5S. The van der Waals surface area contributed by atoms with Crippen molar-refractivity contribution in [1.82, 2.24) is 4.31 Å². The van der Waals surface area contributed by atoms with Crippen LogP contribution in [-0.2, 0) is 26.2 Å². The molecule has 2 amide bonds. The van der Waals surface area contributed by atoms with Crippen molar-refractivity contribution in [2.45, 2.75) is 23.9 Å². The lowest BCUT2D eigenvalue weighted by atomic mass is 10.2.